The molecule has 0 saturated heterocycles. The van der Waals surface area contributed by atoms with Crippen LogP contribution < -0.4 is 5.01 Å². The smallest absolute Gasteiger partial charge is 0.352 e. The molecule has 2 aromatic carbocycles. The Bertz CT molecular complexity index is 788. The largest absolute Gasteiger partial charge is 0.477 e. The van der Waals surface area contributed by atoms with E-state index in [-0.39, 0.29) is 11.8 Å². The van der Waals surface area contributed by atoms with Crippen molar-refractivity contribution >= 4 is 40.6 Å². The van der Waals surface area contributed by atoms with Crippen LogP contribution in [0.4, 0.5) is 5.69 Å². The predicted octanol–water partition coefficient (Wildman–Crippen LogP) is 4.69. The van der Waals surface area contributed by atoms with Crippen molar-refractivity contribution in [2.24, 2.45) is 5.10 Å². The molecule has 23 heavy (non-hydrogen) atoms. The first-order chi connectivity index (χ1) is 11.0. The average molecular weight is 349 g/mol. The highest BCUT2D eigenvalue weighted by atomic mass is 35.5. The molecule has 0 fully saturated rings. The van der Waals surface area contributed by atoms with Gasteiger partial charge in [0.1, 0.15) is 5.71 Å². The van der Waals surface area contributed by atoms with Crippen LogP contribution in [0.5, 0.6) is 0 Å². The van der Waals surface area contributed by atoms with Crippen LogP contribution in [0, 0.1) is 6.92 Å². The number of carboxylic acid groups (broad SMARTS) is 1. The zero-order chi connectivity index (χ0) is 16.6. The van der Waals surface area contributed by atoms with Gasteiger partial charge >= 0.3 is 5.97 Å². The van der Waals surface area contributed by atoms with Gasteiger partial charge in [-0.25, -0.2) is 4.79 Å². The van der Waals surface area contributed by atoms with Crippen LogP contribution in [0.1, 0.15) is 23.6 Å². The molecule has 0 unspecified atom stereocenters. The number of hydrogen-bond donors (Lipinski definition) is 1. The highest BCUT2D eigenvalue weighted by Gasteiger charge is 2.32. The lowest BCUT2D eigenvalue weighted by molar-refractivity contribution is -0.129. The predicted molar refractivity (Wildman–Crippen MR) is 92.5 cm³/mol. The van der Waals surface area contributed by atoms with Crippen molar-refractivity contribution in [3.63, 3.8) is 0 Å². The fourth-order valence-electron chi connectivity index (χ4n) is 2.68. The minimum absolute atomic E-state index is 0.138. The topological polar surface area (TPSA) is 52.9 Å². The summed E-state index contributed by atoms with van der Waals surface area (Å²) in [5.41, 5.74) is 2.88. The SMILES string of the molecule is Cc1cc(Cl)ccc1N1N=C(C(=O)O)C[C@@H]1c1ccc(Cl)cc1. The zero-order valence-corrected chi connectivity index (χ0v) is 13.8. The van der Waals surface area contributed by atoms with Crippen LogP contribution in [0.25, 0.3) is 0 Å². The third kappa shape index (κ3) is 3.19. The third-order valence-electron chi connectivity index (χ3n) is 3.82. The van der Waals surface area contributed by atoms with Gasteiger partial charge in [0, 0.05) is 16.5 Å². The summed E-state index contributed by atoms with van der Waals surface area (Å²) in [5.74, 6) is -1.00. The second-order valence-corrected chi connectivity index (χ2v) is 6.27. The van der Waals surface area contributed by atoms with Crippen LogP contribution in [0.2, 0.25) is 10.0 Å². The molecule has 0 aromatic heterocycles. The molecule has 118 valence electrons. The Hall–Kier alpha value is -2.04. The van der Waals surface area contributed by atoms with Gasteiger partial charge < -0.3 is 5.11 Å². The highest BCUT2D eigenvalue weighted by Crippen LogP contribution is 2.37. The molecule has 4 nitrogen and oxygen atoms in total. The summed E-state index contributed by atoms with van der Waals surface area (Å²) < 4.78 is 0. The minimum Gasteiger partial charge on any atom is -0.477 e. The average Bonchev–Trinajstić information content (AvgIpc) is 2.93. The lowest BCUT2D eigenvalue weighted by Gasteiger charge is -2.25. The Kier molecular flexibility index (Phi) is 4.28. The molecule has 2 aromatic rings. The second kappa shape index (κ2) is 6.22. The van der Waals surface area contributed by atoms with Gasteiger partial charge in [0.2, 0.25) is 0 Å². The number of anilines is 1. The van der Waals surface area contributed by atoms with Gasteiger partial charge in [0.05, 0.1) is 11.7 Å². The molecule has 1 aliphatic heterocycles. The third-order valence-corrected chi connectivity index (χ3v) is 4.30. The normalized spacial score (nSPS) is 17.3. The van der Waals surface area contributed by atoms with Crippen molar-refractivity contribution in [1.82, 2.24) is 0 Å². The summed E-state index contributed by atoms with van der Waals surface area (Å²) in [6.07, 6.45) is 0.332. The van der Waals surface area contributed by atoms with Crippen LogP contribution in [0.3, 0.4) is 0 Å². The number of aryl methyl sites for hydroxylation is 1. The molecule has 1 N–H and O–H groups in total. The van der Waals surface area contributed by atoms with Gasteiger partial charge in [-0.05, 0) is 48.4 Å². The summed E-state index contributed by atoms with van der Waals surface area (Å²) in [5, 5.41) is 16.6. The molecule has 1 heterocycles. The number of hydrazone groups is 1. The Morgan fingerprint density at radius 3 is 2.43 bits per heavy atom. The number of halogens is 2. The first-order valence-corrected chi connectivity index (χ1v) is 7.83. The van der Waals surface area contributed by atoms with E-state index in [2.05, 4.69) is 5.10 Å². The van der Waals surface area contributed by atoms with E-state index in [9.17, 15) is 9.90 Å². The van der Waals surface area contributed by atoms with Crippen molar-refractivity contribution in [1.29, 1.82) is 0 Å². The van der Waals surface area contributed by atoms with Crippen molar-refractivity contribution in [2.45, 2.75) is 19.4 Å². The first kappa shape index (κ1) is 15.8. The van der Waals surface area contributed by atoms with Crippen molar-refractivity contribution in [2.75, 3.05) is 5.01 Å². The van der Waals surface area contributed by atoms with Crippen LogP contribution in [-0.2, 0) is 4.79 Å². The molecule has 6 heteroatoms. The number of hydrogen-bond acceptors (Lipinski definition) is 3. The fraction of sp³-hybridized carbons (Fsp3) is 0.176. The molecular weight excluding hydrogens is 335 g/mol. The summed E-state index contributed by atoms with van der Waals surface area (Å²) in [6.45, 7) is 1.93. The minimum atomic E-state index is -1.00. The summed E-state index contributed by atoms with van der Waals surface area (Å²) in [7, 11) is 0. The van der Waals surface area contributed by atoms with Crippen molar-refractivity contribution in [3.05, 3.63) is 63.6 Å². The quantitative estimate of drug-likeness (QED) is 0.874. The van der Waals surface area contributed by atoms with E-state index in [0.29, 0.717) is 16.5 Å². The molecule has 1 atom stereocenters. The maximum Gasteiger partial charge on any atom is 0.352 e. The number of carbonyl (C=O) groups is 1. The zero-order valence-electron chi connectivity index (χ0n) is 12.3. The second-order valence-electron chi connectivity index (χ2n) is 5.40. The van der Waals surface area contributed by atoms with Gasteiger partial charge in [-0.15, -0.1) is 0 Å². The van der Waals surface area contributed by atoms with E-state index < -0.39 is 5.97 Å². The molecule has 0 amide bonds. The number of nitrogens with zero attached hydrogens (tertiary/aromatic N) is 2. The Morgan fingerprint density at radius 1 is 1.17 bits per heavy atom. The van der Waals surface area contributed by atoms with Crippen LogP contribution >= 0.6 is 23.2 Å². The Morgan fingerprint density at radius 2 is 1.83 bits per heavy atom. The Labute approximate surface area is 143 Å². The molecular formula is C17H14Cl2N2O2. The van der Waals surface area contributed by atoms with E-state index in [1.165, 1.54) is 0 Å². The molecule has 0 aliphatic carbocycles. The molecule has 1 aliphatic rings. The first-order valence-electron chi connectivity index (χ1n) is 7.07. The van der Waals surface area contributed by atoms with E-state index in [1.54, 1.807) is 23.2 Å². The Balaban J connectivity index is 2.04. The fourth-order valence-corrected chi connectivity index (χ4v) is 3.03. The van der Waals surface area contributed by atoms with Gasteiger partial charge in [-0.3, -0.25) is 5.01 Å². The lowest BCUT2D eigenvalue weighted by Crippen LogP contribution is -2.19. The van der Waals surface area contributed by atoms with E-state index in [4.69, 9.17) is 23.2 Å². The molecule has 0 saturated carbocycles. The summed E-state index contributed by atoms with van der Waals surface area (Å²) >= 11 is 12.0. The molecule has 0 spiro atoms. The maximum atomic E-state index is 11.3. The maximum absolute atomic E-state index is 11.3. The van der Waals surface area contributed by atoms with Crippen LogP contribution in [0.15, 0.2) is 47.6 Å². The number of aliphatic carboxylic acids is 1. The lowest BCUT2D eigenvalue weighted by atomic mass is 10.0. The molecule has 0 radical (unpaired) electrons. The number of benzene rings is 2. The standard InChI is InChI=1S/C17H14Cl2N2O2/c1-10-8-13(19)6-7-15(10)21-16(9-14(20-21)17(22)23)11-2-4-12(18)5-3-11/h2-8,16H,9H2,1H3,(H,22,23)/t16-/m1/s1. The van der Waals surface area contributed by atoms with Gasteiger partial charge in [-0.1, -0.05) is 35.3 Å². The van der Waals surface area contributed by atoms with Crippen LogP contribution in [-0.4, -0.2) is 16.8 Å². The van der Waals surface area contributed by atoms with Gasteiger partial charge in [-0.2, -0.15) is 5.10 Å². The summed E-state index contributed by atoms with van der Waals surface area (Å²) in [4.78, 5) is 11.3. The van der Waals surface area contributed by atoms with Crippen molar-refractivity contribution < 1.29 is 9.90 Å². The van der Waals surface area contributed by atoms with E-state index >= 15 is 0 Å². The monoisotopic (exact) mass is 348 g/mol. The van der Waals surface area contributed by atoms with Gasteiger partial charge in [0.15, 0.2) is 0 Å². The number of rotatable bonds is 3. The highest BCUT2D eigenvalue weighted by molar-refractivity contribution is 6.36. The molecule has 3 rings (SSSR count). The summed E-state index contributed by atoms with van der Waals surface area (Å²) in [6, 6.07) is 12.7. The van der Waals surface area contributed by atoms with E-state index in [0.717, 1.165) is 16.8 Å². The van der Waals surface area contributed by atoms with Crippen molar-refractivity contribution in [3.8, 4) is 0 Å². The van der Waals surface area contributed by atoms with E-state index in [1.807, 2.05) is 31.2 Å². The van der Waals surface area contributed by atoms with Gasteiger partial charge in [0.25, 0.3) is 0 Å². The molecule has 0 bridgehead atoms. The number of carboxylic acids is 1.